The molecule has 0 radical (unpaired) electrons. The average Bonchev–Trinajstić information content (AvgIpc) is 3.07. The molecule has 0 saturated heterocycles. The number of ether oxygens (including phenoxy) is 3. The molecule has 1 aliphatic heterocycles. The number of anilines is 1. The highest BCUT2D eigenvalue weighted by molar-refractivity contribution is 14.1. The zero-order chi connectivity index (χ0) is 21.7. The summed E-state index contributed by atoms with van der Waals surface area (Å²) in [5, 5.41) is 2.69. The second kappa shape index (κ2) is 9.75. The lowest BCUT2D eigenvalue weighted by Crippen LogP contribution is -2.07. The van der Waals surface area contributed by atoms with Crippen molar-refractivity contribution >= 4 is 52.1 Å². The molecule has 1 amide bonds. The number of rotatable bonds is 7. The number of cyclic esters (lactones) is 1. The standard InChI is InChI=1S/C22H21IN2O5/c1-4-9-29-20-17(23)10-14(12-19(20)28-3)11-18-22(27)30-21(25-18)15-5-7-16(8-6-15)24-13(2)26/h5-8,10-12H,4,9H2,1-3H3,(H,24,26)/b18-11-. The predicted octanol–water partition coefficient (Wildman–Crippen LogP) is 4.39. The third kappa shape index (κ3) is 5.18. The Hall–Kier alpha value is -2.88. The van der Waals surface area contributed by atoms with Crippen molar-refractivity contribution in [3.63, 3.8) is 0 Å². The molecule has 2 aromatic rings. The third-order valence-electron chi connectivity index (χ3n) is 4.08. The second-order valence-electron chi connectivity index (χ2n) is 6.48. The van der Waals surface area contributed by atoms with Gasteiger partial charge in [-0.1, -0.05) is 6.92 Å². The maximum atomic E-state index is 12.3. The van der Waals surface area contributed by atoms with Crippen LogP contribution in [0.25, 0.3) is 6.08 Å². The Bertz CT molecular complexity index is 1030. The van der Waals surface area contributed by atoms with E-state index in [9.17, 15) is 9.59 Å². The number of carbonyl (C=O) groups is 2. The lowest BCUT2D eigenvalue weighted by Gasteiger charge is -2.13. The van der Waals surface area contributed by atoms with Gasteiger partial charge in [-0.25, -0.2) is 9.79 Å². The highest BCUT2D eigenvalue weighted by Crippen LogP contribution is 2.35. The van der Waals surface area contributed by atoms with Gasteiger partial charge in [-0.15, -0.1) is 0 Å². The Morgan fingerprint density at radius 2 is 2.00 bits per heavy atom. The Morgan fingerprint density at radius 1 is 1.27 bits per heavy atom. The van der Waals surface area contributed by atoms with E-state index in [1.807, 2.05) is 13.0 Å². The van der Waals surface area contributed by atoms with E-state index in [0.29, 0.717) is 29.4 Å². The van der Waals surface area contributed by atoms with Gasteiger partial charge < -0.3 is 19.5 Å². The number of carbonyl (C=O) groups excluding carboxylic acids is 2. The minimum absolute atomic E-state index is 0.159. The van der Waals surface area contributed by atoms with Crippen LogP contribution >= 0.6 is 22.6 Å². The molecule has 1 N–H and O–H groups in total. The number of hydrogen-bond donors (Lipinski definition) is 1. The zero-order valence-electron chi connectivity index (χ0n) is 16.8. The number of aliphatic imine (C=N–C) groups is 1. The summed E-state index contributed by atoms with van der Waals surface area (Å²) >= 11 is 2.17. The molecule has 0 unspecified atom stereocenters. The SMILES string of the molecule is CCCOc1c(I)cc(/C=C2\N=C(c3ccc(NC(C)=O)cc3)OC2=O)cc1OC. The van der Waals surface area contributed by atoms with Crippen LogP contribution < -0.4 is 14.8 Å². The fraction of sp³-hybridized carbons (Fsp3) is 0.227. The first-order chi connectivity index (χ1) is 14.4. The summed E-state index contributed by atoms with van der Waals surface area (Å²) in [7, 11) is 1.58. The van der Waals surface area contributed by atoms with Gasteiger partial charge in [-0.2, -0.15) is 0 Å². The summed E-state index contributed by atoms with van der Waals surface area (Å²) < 4.78 is 17.4. The van der Waals surface area contributed by atoms with E-state index in [1.54, 1.807) is 43.5 Å². The third-order valence-corrected chi connectivity index (χ3v) is 4.88. The van der Waals surface area contributed by atoms with Gasteiger partial charge in [0.2, 0.25) is 11.8 Å². The van der Waals surface area contributed by atoms with Gasteiger partial charge in [0.1, 0.15) is 0 Å². The quantitative estimate of drug-likeness (QED) is 0.333. The van der Waals surface area contributed by atoms with Crippen molar-refractivity contribution in [1.82, 2.24) is 0 Å². The predicted molar refractivity (Wildman–Crippen MR) is 123 cm³/mol. The molecule has 0 aliphatic carbocycles. The average molecular weight is 520 g/mol. The van der Waals surface area contributed by atoms with E-state index in [-0.39, 0.29) is 17.5 Å². The highest BCUT2D eigenvalue weighted by Gasteiger charge is 2.24. The fourth-order valence-corrected chi connectivity index (χ4v) is 3.54. The number of benzene rings is 2. The van der Waals surface area contributed by atoms with E-state index >= 15 is 0 Å². The molecule has 156 valence electrons. The van der Waals surface area contributed by atoms with Gasteiger partial charge in [0.25, 0.3) is 0 Å². The summed E-state index contributed by atoms with van der Waals surface area (Å²) in [5.74, 6) is 0.793. The van der Waals surface area contributed by atoms with E-state index in [0.717, 1.165) is 15.6 Å². The summed E-state index contributed by atoms with van der Waals surface area (Å²) in [6.45, 7) is 4.06. The maximum absolute atomic E-state index is 12.3. The van der Waals surface area contributed by atoms with Crippen LogP contribution in [0.3, 0.4) is 0 Å². The molecular weight excluding hydrogens is 499 g/mol. The second-order valence-corrected chi connectivity index (χ2v) is 7.64. The zero-order valence-corrected chi connectivity index (χ0v) is 19.0. The molecular formula is C22H21IN2O5. The molecule has 0 saturated carbocycles. The van der Waals surface area contributed by atoms with Gasteiger partial charge >= 0.3 is 5.97 Å². The number of hydrogen-bond acceptors (Lipinski definition) is 6. The minimum atomic E-state index is -0.531. The number of nitrogens with one attached hydrogen (secondary N) is 1. The molecule has 1 aliphatic rings. The van der Waals surface area contributed by atoms with Crippen molar-refractivity contribution in [2.24, 2.45) is 4.99 Å². The maximum Gasteiger partial charge on any atom is 0.363 e. The summed E-state index contributed by atoms with van der Waals surface area (Å²) in [4.78, 5) is 27.8. The van der Waals surface area contributed by atoms with Crippen LogP contribution in [-0.4, -0.2) is 31.5 Å². The van der Waals surface area contributed by atoms with E-state index < -0.39 is 5.97 Å². The largest absolute Gasteiger partial charge is 0.493 e. The van der Waals surface area contributed by atoms with E-state index in [4.69, 9.17) is 14.2 Å². The van der Waals surface area contributed by atoms with Crippen LogP contribution in [0.5, 0.6) is 11.5 Å². The van der Waals surface area contributed by atoms with Crippen molar-refractivity contribution in [1.29, 1.82) is 0 Å². The lowest BCUT2D eigenvalue weighted by molar-refractivity contribution is -0.129. The first-order valence-electron chi connectivity index (χ1n) is 9.32. The van der Waals surface area contributed by atoms with Crippen LogP contribution in [0.2, 0.25) is 0 Å². The van der Waals surface area contributed by atoms with Crippen molar-refractivity contribution in [2.45, 2.75) is 20.3 Å². The Labute approximate surface area is 188 Å². The van der Waals surface area contributed by atoms with Gasteiger partial charge in [-0.3, -0.25) is 4.79 Å². The molecule has 30 heavy (non-hydrogen) atoms. The van der Waals surface area contributed by atoms with E-state index in [1.165, 1.54) is 6.92 Å². The van der Waals surface area contributed by atoms with Crippen LogP contribution in [0, 0.1) is 3.57 Å². The topological polar surface area (TPSA) is 86.2 Å². The van der Waals surface area contributed by atoms with Crippen LogP contribution in [-0.2, 0) is 14.3 Å². The molecule has 3 rings (SSSR count). The number of halogens is 1. The first-order valence-corrected chi connectivity index (χ1v) is 10.4. The van der Waals surface area contributed by atoms with Crippen LogP contribution in [0.15, 0.2) is 47.1 Å². The number of esters is 1. The van der Waals surface area contributed by atoms with Crippen molar-refractivity contribution in [3.05, 3.63) is 56.8 Å². The van der Waals surface area contributed by atoms with Gasteiger partial charge in [0.05, 0.1) is 17.3 Å². The molecule has 0 aromatic heterocycles. The van der Waals surface area contributed by atoms with Crippen molar-refractivity contribution in [2.75, 3.05) is 19.0 Å². The molecule has 0 atom stereocenters. The van der Waals surface area contributed by atoms with E-state index in [2.05, 4.69) is 32.9 Å². The normalized spacial score (nSPS) is 14.3. The Balaban J connectivity index is 1.87. The van der Waals surface area contributed by atoms with Gasteiger partial charge in [-0.05, 0) is 77.0 Å². The fourth-order valence-electron chi connectivity index (χ4n) is 2.76. The van der Waals surface area contributed by atoms with Gasteiger partial charge in [0, 0.05) is 18.2 Å². The summed E-state index contributed by atoms with van der Waals surface area (Å²) in [6, 6.07) is 10.6. The molecule has 0 spiro atoms. The monoisotopic (exact) mass is 520 g/mol. The molecule has 0 bridgehead atoms. The molecule has 8 heteroatoms. The minimum Gasteiger partial charge on any atom is -0.493 e. The molecule has 7 nitrogen and oxygen atoms in total. The first kappa shape index (κ1) is 21.8. The number of methoxy groups -OCH3 is 1. The Morgan fingerprint density at radius 3 is 2.63 bits per heavy atom. The molecule has 0 fully saturated rings. The smallest absolute Gasteiger partial charge is 0.363 e. The summed E-state index contributed by atoms with van der Waals surface area (Å²) in [5.41, 5.74) is 2.23. The number of amides is 1. The lowest BCUT2D eigenvalue weighted by atomic mass is 10.1. The molecule has 1 heterocycles. The van der Waals surface area contributed by atoms with Crippen LogP contribution in [0.4, 0.5) is 5.69 Å². The van der Waals surface area contributed by atoms with Crippen LogP contribution in [0.1, 0.15) is 31.4 Å². The molecule has 2 aromatic carbocycles. The van der Waals surface area contributed by atoms with Gasteiger partial charge in [0.15, 0.2) is 17.2 Å². The number of nitrogens with zero attached hydrogens (tertiary/aromatic N) is 1. The van der Waals surface area contributed by atoms with Crippen molar-refractivity contribution in [3.8, 4) is 11.5 Å². The highest BCUT2D eigenvalue weighted by atomic mass is 127. The summed E-state index contributed by atoms with van der Waals surface area (Å²) in [6.07, 6.45) is 2.54. The van der Waals surface area contributed by atoms with Crippen molar-refractivity contribution < 1.29 is 23.8 Å². The Kier molecular flexibility index (Phi) is 7.09.